The van der Waals surface area contributed by atoms with Gasteiger partial charge < -0.3 is 10.1 Å². The molecule has 0 radical (unpaired) electrons. The number of hydrogen-bond acceptors (Lipinski definition) is 2. The monoisotopic (exact) mass is 393 g/mol. The van der Waals surface area contributed by atoms with E-state index in [1.807, 2.05) is 12.1 Å². The van der Waals surface area contributed by atoms with Crippen LogP contribution in [0, 0.1) is 5.82 Å². The van der Waals surface area contributed by atoms with Crippen LogP contribution in [0.4, 0.5) is 4.39 Å². The average Bonchev–Trinajstić information content (AvgIpc) is 2.75. The van der Waals surface area contributed by atoms with E-state index in [9.17, 15) is 4.39 Å². The second kappa shape index (κ2) is 11.6. The van der Waals surface area contributed by atoms with Gasteiger partial charge in [0.15, 0.2) is 0 Å². The van der Waals surface area contributed by atoms with E-state index >= 15 is 0 Å². The van der Waals surface area contributed by atoms with Gasteiger partial charge in [0.05, 0.1) is 6.61 Å². The van der Waals surface area contributed by atoms with Crippen LogP contribution in [0.1, 0.15) is 56.6 Å². The molecule has 29 heavy (non-hydrogen) atoms. The molecule has 0 heterocycles. The zero-order chi connectivity index (χ0) is 20.3. The summed E-state index contributed by atoms with van der Waals surface area (Å²) in [4.78, 5) is 0. The molecule has 0 aliphatic rings. The predicted octanol–water partition coefficient (Wildman–Crippen LogP) is 7.01. The van der Waals surface area contributed by atoms with Crippen molar-refractivity contribution in [3.63, 3.8) is 0 Å². The first kappa shape index (κ1) is 21.3. The zero-order valence-electron chi connectivity index (χ0n) is 17.4. The molecule has 0 aliphatic heterocycles. The van der Waals surface area contributed by atoms with Crippen molar-refractivity contribution in [1.29, 1.82) is 0 Å². The largest absolute Gasteiger partial charge is 0.493 e. The Balaban J connectivity index is 1.61. The number of rotatable bonds is 12. The van der Waals surface area contributed by atoms with Crippen LogP contribution in [-0.2, 0) is 13.1 Å². The van der Waals surface area contributed by atoms with Crippen molar-refractivity contribution in [2.45, 2.75) is 58.5 Å². The maximum absolute atomic E-state index is 13.1. The smallest absolute Gasteiger partial charge is 0.124 e. The van der Waals surface area contributed by atoms with E-state index in [0.29, 0.717) is 13.1 Å². The number of halogens is 1. The quantitative estimate of drug-likeness (QED) is 0.334. The normalized spacial score (nSPS) is 11.1. The molecule has 2 nitrogen and oxygen atoms in total. The minimum absolute atomic E-state index is 0.201. The van der Waals surface area contributed by atoms with Crippen molar-refractivity contribution in [1.82, 2.24) is 5.32 Å². The third-order valence-electron chi connectivity index (χ3n) is 5.30. The van der Waals surface area contributed by atoms with Crippen LogP contribution in [0.2, 0.25) is 0 Å². The van der Waals surface area contributed by atoms with Gasteiger partial charge in [0.2, 0.25) is 0 Å². The van der Waals surface area contributed by atoms with Crippen LogP contribution >= 0.6 is 0 Å². The SMILES string of the molecule is CCCCCCCCOc1ccc2ccccc2c1CNCc1ccc(F)cc1. The molecule has 1 N–H and O–H groups in total. The molecule has 3 heteroatoms. The van der Waals surface area contributed by atoms with Gasteiger partial charge in [-0.15, -0.1) is 0 Å². The van der Waals surface area contributed by atoms with Crippen LogP contribution in [0.3, 0.4) is 0 Å². The Morgan fingerprint density at radius 1 is 0.793 bits per heavy atom. The number of unbranched alkanes of at least 4 members (excludes halogenated alkanes) is 5. The van der Waals surface area contributed by atoms with Gasteiger partial charge in [0.1, 0.15) is 11.6 Å². The van der Waals surface area contributed by atoms with Crippen molar-refractivity contribution in [2.24, 2.45) is 0 Å². The summed E-state index contributed by atoms with van der Waals surface area (Å²) >= 11 is 0. The van der Waals surface area contributed by atoms with Crippen molar-refractivity contribution in [3.05, 3.63) is 77.6 Å². The Hall–Kier alpha value is -2.39. The molecule has 154 valence electrons. The van der Waals surface area contributed by atoms with Crippen LogP contribution in [0.15, 0.2) is 60.7 Å². The lowest BCUT2D eigenvalue weighted by molar-refractivity contribution is 0.301. The van der Waals surface area contributed by atoms with E-state index in [1.165, 1.54) is 60.6 Å². The molecule has 3 aromatic carbocycles. The first-order chi connectivity index (χ1) is 14.3. The number of benzene rings is 3. The summed E-state index contributed by atoms with van der Waals surface area (Å²) in [6.45, 7) is 4.41. The number of hydrogen-bond donors (Lipinski definition) is 1. The van der Waals surface area contributed by atoms with E-state index in [-0.39, 0.29) is 5.82 Å². The highest BCUT2D eigenvalue weighted by molar-refractivity contribution is 5.87. The Bertz CT molecular complexity index is 876. The minimum atomic E-state index is -0.201. The topological polar surface area (TPSA) is 21.3 Å². The van der Waals surface area contributed by atoms with E-state index < -0.39 is 0 Å². The maximum Gasteiger partial charge on any atom is 0.124 e. The number of ether oxygens (including phenoxy) is 1. The maximum atomic E-state index is 13.1. The van der Waals surface area contributed by atoms with Gasteiger partial charge in [0.25, 0.3) is 0 Å². The molecular weight excluding hydrogens is 361 g/mol. The fourth-order valence-electron chi connectivity index (χ4n) is 3.63. The van der Waals surface area contributed by atoms with Crippen molar-refractivity contribution in [3.8, 4) is 5.75 Å². The fraction of sp³-hybridized carbons (Fsp3) is 0.385. The first-order valence-electron chi connectivity index (χ1n) is 10.9. The van der Waals surface area contributed by atoms with Crippen LogP contribution < -0.4 is 10.1 Å². The highest BCUT2D eigenvalue weighted by Crippen LogP contribution is 2.28. The number of nitrogens with one attached hydrogen (secondary N) is 1. The predicted molar refractivity (Wildman–Crippen MR) is 120 cm³/mol. The summed E-state index contributed by atoms with van der Waals surface area (Å²) in [7, 11) is 0. The highest BCUT2D eigenvalue weighted by Gasteiger charge is 2.09. The lowest BCUT2D eigenvalue weighted by Gasteiger charge is -2.15. The van der Waals surface area contributed by atoms with Crippen molar-refractivity contribution in [2.75, 3.05) is 6.61 Å². The lowest BCUT2D eigenvalue weighted by Crippen LogP contribution is -2.14. The molecular formula is C26H32FNO. The third kappa shape index (κ3) is 6.57. The summed E-state index contributed by atoms with van der Waals surface area (Å²) in [5.74, 6) is 0.761. The number of fused-ring (bicyclic) bond motifs is 1. The second-order valence-corrected chi connectivity index (χ2v) is 7.61. The fourth-order valence-corrected chi connectivity index (χ4v) is 3.63. The molecule has 3 aromatic rings. The molecule has 0 aromatic heterocycles. The van der Waals surface area contributed by atoms with E-state index in [0.717, 1.165) is 24.3 Å². The average molecular weight is 394 g/mol. The summed E-state index contributed by atoms with van der Waals surface area (Å²) in [6, 6.07) is 19.3. The first-order valence-corrected chi connectivity index (χ1v) is 10.9. The standard InChI is InChI=1S/C26H32FNO/c1-2-3-4-5-6-9-18-29-26-17-14-22-10-7-8-11-24(22)25(26)20-28-19-21-12-15-23(27)16-13-21/h7-8,10-17,28H,2-6,9,18-20H2,1H3. The summed E-state index contributed by atoms with van der Waals surface area (Å²) < 4.78 is 19.3. The highest BCUT2D eigenvalue weighted by atomic mass is 19.1. The van der Waals surface area contributed by atoms with E-state index in [1.54, 1.807) is 0 Å². The molecule has 0 unspecified atom stereocenters. The molecule has 3 rings (SSSR count). The van der Waals surface area contributed by atoms with Crippen LogP contribution in [0.5, 0.6) is 5.75 Å². The van der Waals surface area contributed by atoms with E-state index in [2.05, 4.69) is 48.6 Å². The Morgan fingerprint density at radius 3 is 2.38 bits per heavy atom. The van der Waals surface area contributed by atoms with Gasteiger partial charge >= 0.3 is 0 Å². The van der Waals surface area contributed by atoms with Gasteiger partial charge in [-0.3, -0.25) is 0 Å². The van der Waals surface area contributed by atoms with Gasteiger partial charge in [0, 0.05) is 18.7 Å². The molecule has 0 bridgehead atoms. The molecule has 0 saturated heterocycles. The van der Waals surface area contributed by atoms with Gasteiger partial charge in [-0.1, -0.05) is 81.5 Å². The molecule has 0 aliphatic carbocycles. The summed E-state index contributed by atoms with van der Waals surface area (Å²) in [5.41, 5.74) is 2.26. The van der Waals surface area contributed by atoms with Gasteiger partial charge in [-0.2, -0.15) is 0 Å². The van der Waals surface area contributed by atoms with Gasteiger partial charge in [-0.05, 0) is 41.0 Å². The Labute approximate surface area is 174 Å². The molecule has 0 amide bonds. The van der Waals surface area contributed by atoms with Crippen LogP contribution in [-0.4, -0.2) is 6.61 Å². The summed E-state index contributed by atoms with van der Waals surface area (Å²) in [6.07, 6.45) is 7.55. The van der Waals surface area contributed by atoms with Crippen molar-refractivity contribution >= 4 is 10.8 Å². The molecule has 0 saturated carbocycles. The zero-order valence-corrected chi connectivity index (χ0v) is 17.4. The summed E-state index contributed by atoms with van der Waals surface area (Å²) in [5, 5.41) is 5.93. The third-order valence-corrected chi connectivity index (χ3v) is 5.30. The molecule has 0 fully saturated rings. The lowest BCUT2D eigenvalue weighted by atomic mass is 10.0. The Kier molecular flexibility index (Phi) is 8.51. The van der Waals surface area contributed by atoms with Gasteiger partial charge in [-0.25, -0.2) is 4.39 Å². The van der Waals surface area contributed by atoms with E-state index in [4.69, 9.17) is 4.74 Å². The van der Waals surface area contributed by atoms with Crippen LogP contribution in [0.25, 0.3) is 10.8 Å². The second-order valence-electron chi connectivity index (χ2n) is 7.61. The molecule has 0 spiro atoms. The van der Waals surface area contributed by atoms with Crippen molar-refractivity contribution < 1.29 is 9.13 Å². The Morgan fingerprint density at radius 2 is 1.55 bits per heavy atom. The molecule has 0 atom stereocenters. The minimum Gasteiger partial charge on any atom is -0.493 e.